The van der Waals surface area contributed by atoms with Crippen molar-refractivity contribution >= 4 is 5.82 Å². The number of nitrogens with zero attached hydrogens (tertiary/aromatic N) is 2. The molecule has 0 bridgehead atoms. The van der Waals surface area contributed by atoms with Crippen LogP contribution < -0.4 is 19.1 Å². The molecule has 0 N–H and O–H groups in total. The summed E-state index contributed by atoms with van der Waals surface area (Å²) in [5.41, 5.74) is 2.12. The lowest BCUT2D eigenvalue weighted by Gasteiger charge is -2.17. The van der Waals surface area contributed by atoms with Crippen LogP contribution in [0.5, 0.6) is 17.2 Å². The van der Waals surface area contributed by atoms with Gasteiger partial charge in [0.1, 0.15) is 5.82 Å². The SMILES string of the molecule is COc1cc(Cc2cccc(N3CCCC3)n2)cc(OC)c1OC. The topological polar surface area (TPSA) is 43.8 Å². The molecule has 24 heavy (non-hydrogen) atoms. The van der Waals surface area contributed by atoms with E-state index < -0.39 is 0 Å². The summed E-state index contributed by atoms with van der Waals surface area (Å²) in [6.45, 7) is 2.20. The van der Waals surface area contributed by atoms with Gasteiger partial charge in [0.2, 0.25) is 5.75 Å². The van der Waals surface area contributed by atoms with Crippen LogP contribution in [-0.4, -0.2) is 39.4 Å². The van der Waals surface area contributed by atoms with E-state index >= 15 is 0 Å². The molecule has 1 aromatic carbocycles. The summed E-state index contributed by atoms with van der Waals surface area (Å²) in [5.74, 6) is 3.02. The van der Waals surface area contributed by atoms with Gasteiger partial charge in [-0.3, -0.25) is 0 Å². The van der Waals surface area contributed by atoms with E-state index in [1.165, 1.54) is 12.8 Å². The predicted octanol–water partition coefficient (Wildman–Crippen LogP) is 3.30. The Bertz CT molecular complexity index is 672. The van der Waals surface area contributed by atoms with Gasteiger partial charge in [0.05, 0.1) is 21.3 Å². The van der Waals surface area contributed by atoms with Crippen molar-refractivity contribution in [2.75, 3.05) is 39.3 Å². The van der Waals surface area contributed by atoms with Crippen molar-refractivity contribution in [2.24, 2.45) is 0 Å². The summed E-state index contributed by atoms with van der Waals surface area (Å²) in [4.78, 5) is 7.16. The number of benzene rings is 1. The molecule has 0 radical (unpaired) electrons. The van der Waals surface area contributed by atoms with E-state index in [-0.39, 0.29) is 0 Å². The summed E-state index contributed by atoms with van der Waals surface area (Å²) in [7, 11) is 4.88. The van der Waals surface area contributed by atoms with Crippen molar-refractivity contribution in [1.29, 1.82) is 0 Å². The number of hydrogen-bond donors (Lipinski definition) is 0. The van der Waals surface area contributed by atoms with Crippen molar-refractivity contribution in [3.8, 4) is 17.2 Å². The molecule has 1 aliphatic heterocycles. The molecular formula is C19H24N2O3. The molecule has 0 amide bonds. The first kappa shape index (κ1) is 16.4. The number of aromatic nitrogens is 1. The second-order valence-electron chi connectivity index (χ2n) is 5.89. The molecular weight excluding hydrogens is 304 g/mol. The van der Waals surface area contributed by atoms with Crippen molar-refractivity contribution in [2.45, 2.75) is 19.3 Å². The fourth-order valence-electron chi connectivity index (χ4n) is 3.13. The molecule has 5 heteroatoms. The molecule has 128 valence electrons. The highest BCUT2D eigenvalue weighted by molar-refractivity contribution is 5.54. The maximum absolute atomic E-state index is 5.43. The Balaban J connectivity index is 1.86. The Morgan fingerprint density at radius 3 is 2.21 bits per heavy atom. The molecule has 0 aliphatic carbocycles. The van der Waals surface area contributed by atoms with E-state index in [2.05, 4.69) is 23.1 Å². The maximum atomic E-state index is 5.43. The molecule has 2 heterocycles. The third-order valence-corrected chi connectivity index (χ3v) is 4.33. The molecule has 0 unspecified atom stereocenters. The highest BCUT2D eigenvalue weighted by Crippen LogP contribution is 2.38. The van der Waals surface area contributed by atoms with E-state index in [9.17, 15) is 0 Å². The second-order valence-corrected chi connectivity index (χ2v) is 5.89. The number of methoxy groups -OCH3 is 3. The van der Waals surface area contributed by atoms with E-state index in [1.807, 2.05) is 12.1 Å². The first-order chi connectivity index (χ1) is 11.7. The lowest BCUT2D eigenvalue weighted by molar-refractivity contribution is 0.324. The summed E-state index contributed by atoms with van der Waals surface area (Å²) in [6, 6.07) is 10.2. The zero-order valence-electron chi connectivity index (χ0n) is 14.5. The van der Waals surface area contributed by atoms with E-state index in [0.29, 0.717) is 17.2 Å². The molecule has 0 spiro atoms. The fourth-order valence-corrected chi connectivity index (χ4v) is 3.13. The van der Waals surface area contributed by atoms with Gasteiger partial charge in [-0.15, -0.1) is 0 Å². The molecule has 0 saturated carbocycles. The van der Waals surface area contributed by atoms with Gasteiger partial charge in [-0.25, -0.2) is 4.98 Å². The van der Waals surface area contributed by atoms with Crippen molar-refractivity contribution in [1.82, 2.24) is 4.98 Å². The fraction of sp³-hybridized carbons (Fsp3) is 0.421. The molecule has 1 saturated heterocycles. The lowest BCUT2D eigenvalue weighted by atomic mass is 10.1. The zero-order valence-corrected chi connectivity index (χ0v) is 14.5. The molecule has 0 atom stereocenters. The third-order valence-electron chi connectivity index (χ3n) is 4.33. The summed E-state index contributed by atoms with van der Waals surface area (Å²) >= 11 is 0. The van der Waals surface area contributed by atoms with Gasteiger partial charge < -0.3 is 19.1 Å². The minimum absolute atomic E-state index is 0.613. The van der Waals surface area contributed by atoms with Crippen LogP contribution >= 0.6 is 0 Å². The highest BCUT2D eigenvalue weighted by Gasteiger charge is 2.16. The van der Waals surface area contributed by atoms with Crippen LogP contribution in [0.1, 0.15) is 24.1 Å². The normalized spacial score (nSPS) is 13.9. The van der Waals surface area contributed by atoms with Gasteiger partial charge in [-0.05, 0) is 42.7 Å². The molecule has 1 fully saturated rings. The van der Waals surface area contributed by atoms with E-state index in [0.717, 1.165) is 36.6 Å². The van der Waals surface area contributed by atoms with Gasteiger partial charge in [0, 0.05) is 25.2 Å². The van der Waals surface area contributed by atoms with E-state index in [4.69, 9.17) is 19.2 Å². The standard InChI is InChI=1S/C19H24N2O3/c1-22-16-12-14(13-17(23-2)19(16)24-3)11-15-7-6-8-18(20-15)21-9-4-5-10-21/h6-8,12-13H,4-5,9-11H2,1-3H3. The third kappa shape index (κ3) is 3.40. The minimum Gasteiger partial charge on any atom is -0.493 e. The molecule has 1 aliphatic rings. The smallest absolute Gasteiger partial charge is 0.203 e. The Kier molecular flexibility index (Phi) is 5.08. The summed E-state index contributed by atoms with van der Waals surface area (Å²) in [5, 5.41) is 0. The minimum atomic E-state index is 0.613. The molecule has 1 aromatic heterocycles. The number of anilines is 1. The van der Waals surface area contributed by atoms with Crippen LogP contribution in [-0.2, 0) is 6.42 Å². The van der Waals surface area contributed by atoms with Crippen LogP contribution in [0.2, 0.25) is 0 Å². The maximum Gasteiger partial charge on any atom is 0.203 e. The number of pyridine rings is 1. The highest BCUT2D eigenvalue weighted by atomic mass is 16.5. The zero-order chi connectivity index (χ0) is 16.9. The van der Waals surface area contributed by atoms with Gasteiger partial charge in [-0.2, -0.15) is 0 Å². The molecule has 2 aromatic rings. The quantitative estimate of drug-likeness (QED) is 0.814. The largest absolute Gasteiger partial charge is 0.493 e. The first-order valence-corrected chi connectivity index (χ1v) is 8.25. The van der Waals surface area contributed by atoms with Crippen LogP contribution in [0.3, 0.4) is 0 Å². The Labute approximate surface area is 143 Å². The van der Waals surface area contributed by atoms with Crippen molar-refractivity contribution in [3.05, 3.63) is 41.6 Å². The molecule has 3 rings (SSSR count). The van der Waals surface area contributed by atoms with Gasteiger partial charge >= 0.3 is 0 Å². The van der Waals surface area contributed by atoms with Crippen molar-refractivity contribution < 1.29 is 14.2 Å². The number of ether oxygens (including phenoxy) is 3. The lowest BCUT2D eigenvalue weighted by Crippen LogP contribution is -2.19. The predicted molar refractivity (Wildman–Crippen MR) is 94.6 cm³/mol. The van der Waals surface area contributed by atoms with Crippen LogP contribution in [0.4, 0.5) is 5.82 Å². The van der Waals surface area contributed by atoms with Gasteiger partial charge in [0.15, 0.2) is 11.5 Å². The number of rotatable bonds is 6. The van der Waals surface area contributed by atoms with Crippen molar-refractivity contribution in [3.63, 3.8) is 0 Å². The summed E-state index contributed by atoms with van der Waals surface area (Å²) in [6.07, 6.45) is 3.22. The average Bonchev–Trinajstić information content (AvgIpc) is 3.15. The summed E-state index contributed by atoms with van der Waals surface area (Å²) < 4.78 is 16.2. The Hall–Kier alpha value is -2.43. The van der Waals surface area contributed by atoms with Crippen LogP contribution in [0.25, 0.3) is 0 Å². The monoisotopic (exact) mass is 328 g/mol. The molecule has 5 nitrogen and oxygen atoms in total. The van der Waals surface area contributed by atoms with Crippen LogP contribution in [0.15, 0.2) is 30.3 Å². The number of hydrogen-bond acceptors (Lipinski definition) is 5. The average molecular weight is 328 g/mol. The van der Waals surface area contributed by atoms with Crippen LogP contribution in [0, 0.1) is 0 Å². The first-order valence-electron chi connectivity index (χ1n) is 8.25. The Morgan fingerprint density at radius 1 is 0.958 bits per heavy atom. The van der Waals surface area contributed by atoms with Gasteiger partial charge in [-0.1, -0.05) is 6.07 Å². The van der Waals surface area contributed by atoms with Gasteiger partial charge in [0.25, 0.3) is 0 Å². The van der Waals surface area contributed by atoms with E-state index in [1.54, 1.807) is 21.3 Å². The Morgan fingerprint density at radius 2 is 1.62 bits per heavy atom. The second kappa shape index (κ2) is 7.43.